The number of nitrogens with one attached hydrogen (secondary N) is 1. The van der Waals surface area contributed by atoms with Crippen molar-refractivity contribution in [1.82, 2.24) is 14.3 Å². The van der Waals surface area contributed by atoms with Crippen molar-refractivity contribution >= 4 is 38.7 Å². The third-order valence-electron chi connectivity index (χ3n) is 5.67. The predicted molar refractivity (Wildman–Crippen MR) is 128 cm³/mol. The minimum atomic E-state index is -3.93. The monoisotopic (exact) mass is 483 g/mol. The SMILES string of the molecule is COC(=O)/C=C/c1cc(OC)c(OC)c(S(=O)(=O)N2CC=C(c3c[nH]c4ncccc34)CC2)c1. The number of ether oxygens (including phenoxy) is 3. The molecule has 0 saturated heterocycles. The van der Waals surface area contributed by atoms with Crippen molar-refractivity contribution in [2.24, 2.45) is 0 Å². The minimum absolute atomic E-state index is 0.0352. The van der Waals surface area contributed by atoms with Crippen LogP contribution in [0.1, 0.15) is 17.5 Å². The largest absolute Gasteiger partial charge is 0.493 e. The predicted octanol–water partition coefficient (Wildman–Crippen LogP) is 3.24. The van der Waals surface area contributed by atoms with Crippen LogP contribution in [-0.2, 0) is 19.6 Å². The Morgan fingerprint density at radius 1 is 1.21 bits per heavy atom. The van der Waals surface area contributed by atoms with Gasteiger partial charge < -0.3 is 19.2 Å². The molecule has 0 bridgehead atoms. The fourth-order valence-corrected chi connectivity index (χ4v) is 5.53. The molecule has 4 rings (SSSR count). The third-order valence-corrected chi connectivity index (χ3v) is 7.54. The van der Waals surface area contributed by atoms with E-state index in [2.05, 4.69) is 14.7 Å². The van der Waals surface area contributed by atoms with Crippen molar-refractivity contribution in [1.29, 1.82) is 0 Å². The number of sulfonamides is 1. The summed E-state index contributed by atoms with van der Waals surface area (Å²) in [6.07, 6.45) is 8.76. The number of aromatic nitrogens is 2. The highest BCUT2D eigenvalue weighted by Crippen LogP contribution is 2.38. The number of hydrogen-bond donors (Lipinski definition) is 1. The zero-order valence-electron chi connectivity index (χ0n) is 19.1. The Morgan fingerprint density at radius 3 is 2.71 bits per heavy atom. The molecule has 1 aliphatic rings. The van der Waals surface area contributed by atoms with Gasteiger partial charge in [0.2, 0.25) is 10.0 Å². The number of benzene rings is 1. The molecule has 34 heavy (non-hydrogen) atoms. The van der Waals surface area contributed by atoms with Gasteiger partial charge in [0, 0.05) is 42.5 Å². The molecule has 0 aliphatic carbocycles. The number of H-pyrrole nitrogens is 1. The Kier molecular flexibility index (Phi) is 6.71. The van der Waals surface area contributed by atoms with Crippen LogP contribution in [0, 0.1) is 0 Å². The Bertz CT molecular complexity index is 1390. The van der Waals surface area contributed by atoms with Gasteiger partial charge in [0.25, 0.3) is 0 Å². The molecule has 3 heterocycles. The minimum Gasteiger partial charge on any atom is -0.493 e. The summed E-state index contributed by atoms with van der Waals surface area (Å²) >= 11 is 0. The van der Waals surface area contributed by atoms with Crippen molar-refractivity contribution < 1.29 is 27.4 Å². The number of methoxy groups -OCH3 is 3. The maximum absolute atomic E-state index is 13.6. The highest BCUT2D eigenvalue weighted by Gasteiger charge is 2.31. The molecule has 0 atom stereocenters. The first kappa shape index (κ1) is 23.5. The van der Waals surface area contributed by atoms with Crippen molar-refractivity contribution in [2.45, 2.75) is 11.3 Å². The molecule has 1 N–H and O–H groups in total. The van der Waals surface area contributed by atoms with Gasteiger partial charge in [-0.3, -0.25) is 0 Å². The lowest BCUT2D eigenvalue weighted by atomic mass is 10.0. The van der Waals surface area contributed by atoms with Gasteiger partial charge in [-0.1, -0.05) is 6.08 Å². The first-order chi connectivity index (χ1) is 16.4. The van der Waals surface area contributed by atoms with Gasteiger partial charge in [-0.15, -0.1) is 0 Å². The second kappa shape index (κ2) is 9.70. The number of nitrogens with zero attached hydrogens (tertiary/aromatic N) is 2. The molecule has 178 valence electrons. The molecule has 1 aliphatic heterocycles. The average molecular weight is 484 g/mol. The van der Waals surface area contributed by atoms with Gasteiger partial charge in [-0.2, -0.15) is 4.31 Å². The molecule has 0 saturated carbocycles. The van der Waals surface area contributed by atoms with E-state index in [1.807, 2.05) is 24.4 Å². The van der Waals surface area contributed by atoms with Crippen molar-refractivity contribution in [3.63, 3.8) is 0 Å². The molecular weight excluding hydrogens is 458 g/mol. The molecule has 0 unspecified atom stereocenters. The van der Waals surface area contributed by atoms with Crippen LogP contribution in [0.4, 0.5) is 0 Å². The Labute approximate surface area is 197 Å². The van der Waals surface area contributed by atoms with E-state index in [0.29, 0.717) is 18.5 Å². The van der Waals surface area contributed by atoms with Crippen LogP contribution < -0.4 is 9.47 Å². The van der Waals surface area contributed by atoms with E-state index in [0.717, 1.165) is 22.2 Å². The summed E-state index contributed by atoms with van der Waals surface area (Å²) in [5, 5.41) is 1.00. The van der Waals surface area contributed by atoms with Crippen LogP contribution >= 0.6 is 0 Å². The van der Waals surface area contributed by atoms with E-state index in [1.54, 1.807) is 12.3 Å². The van der Waals surface area contributed by atoms with Crippen LogP contribution in [0.25, 0.3) is 22.7 Å². The molecule has 2 aromatic heterocycles. The van der Waals surface area contributed by atoms with Crippen molar-refractivity contribution in [3.05, 3.63) is 59.9 Å². The summed E-state index contributed by atoms with van der Waals surface area (Å²) in [6.45, 7) is 0.507. The molecule has 0 amide bonds. The van der Waals surface area contributed by atoms with Crippen molar-refractivity contribution in [2.75, 3.05) is 34.4 Å². The maximum Gasteiger partial charge on any atom is 0.330 e. The molecule has 9 nitrogen and oxygen atoms in total. The highest BCUT2D eigenvalue weighted by molar-refractivity contribution is 7.89. The molecule has 0 spiro atoms. The van der Waals surface area contributed by atoms with Crippen LogP contribution in [0.2, 0.25) is 0 Å². The number of carbonyl (C=O) groups is 1. The lowest BCUT2D eigenvalue weighted by molar-refractivity contribution is -0.134. The summed E-state index contributed by atoms with van der Waals surface area (Å²) in [4.78, 5) is 18.9. The normalized spacial score (nSPS) is 14.9. The Balaban J connectivity index is 1.67. The quantitative estimate of drug-likeness (QED) is 0.406. The number of rotatable bonds is 7. The smallest absolute Gasteiger partial charge is 0.330 e. The standard InChI is InChI=1S/C24H25N3O6S/c1-31-20-13-16(6-7-22(28)32-2)14-21(23(20)33-3)34(29,30)27-11-8-17(9-12-27)19-15-26-24-18(19)5-4-10-25-24/h4-8,10,13-15H,9,11-12H2,1-3H3,(H,25,26)/b7-6+. The number of esters is 1. The molecule has 0 fully saturated rings. The molecule has 10 heteroatoms. The Morgan fingerprint density at radius 2 is 2.03 bits per heavy atom. The zero-order chi connectivity index (χ0) is 24.3. The summed E-state index contributed by atoms with van der Waals surface area (Å²) in [5.74, 6) is -0.205. The summed E-state index contributed by atoms with van der Waals surface area (Å²) < 4.78 is 44.0. The zero-order valence-corrected chi connectivity index (χ0v) is 19.9. The second-order valence-electron chi connectivity index (χ2n) is 7.56. The third kappa shape index (κ3) is 4.42. The fourth-order valence-electron chi connectivity index (χ4n) is 3.94. The van der Waals surface area contributed by atoms with E-state index in [9.17, 15) is 13.2 Å². The van der Waals surface area contributed by atoms with E-state index < -0.39 is 16.0 Å². The van der Waals surface area contributed by atoms with Gasteiger partial charge in [0.05, 0.1) is 21.3 Å². The number of pyridine rings is 1. The number of carbonyl (C=O) groups excluding carboxylic acids is 1. The van der Waals surface area contributed by atoms with E-state index in [-0.39, 0.29) is 22.9 Å². The maximum atomic E-state index is 13.6. The molecule has 1 aromatic carbocycles. The van der Waals surface area contributed by atoms with E-state index >= 15 is 0 Å². The van der Waals surface area contributed by atoms with Gasteiger partial charge in [0.1, 0.15) is 10.5 Å². The fraction of sp³-hybridized carbons (Fsp3) is 0.250. The van der Waals surface area contributed by atoms with Gasteiger partial charge in [0.15, 0.2) is 11.5 Å². The highest BCUT2D eigenvalue weighted by atomic mass is 32.2. The van der Waals surface area contributed by atoms with E-state index in [4.69, 9.17) is 9.47 Å². The topological polar surface area (TPSA) is 111 Å². The summed E-state index contributed by atoms with van der Waals surface area (Å²) in [7, 11) is 0.154. The van der Waals surface area contributed by atoms with Gasteiger partial charge >= 0.3 is 5.97 Å². The van der Waals surface area contributed by atoms with Gasteiger partial charge in [-0.05, 0) is 47.9 Å². The molecule has 0 radical (unpaired) electrons. The lowest BCUT2D eigenvalue weighted by Crippen LogP contribution is -2.35. The second-order valence-corrected chi connectivity index (χ2v) is 9.46. The van der Waals surface area contributed by atoms with Crippen LogP contribution in [0.15, 0.2) is 53.7 Å². The summed E-state index contributed by atoms with van der Waals surface area (Å²) in [6, 6.07) is 6.92. The van der Waals surface area contributed by atoms with Crippen LogP contribution in [0.5, 0.6) is 11.5 Å². The first-order valence-electron chi connectivity index (χ1n) is 10.5. The number of hydrogen-bond acceptors (Lipinski definition) is 7. The molecular formula is C24H25N3O6S. The number of aromatic amines is 1. The van der Waals surface area contributed by atoms with Crippen LogP contribution in [-0.4, -0.2) is 63.1 Å². The lowest BCUT2D eigenvalue weighted by Gasteiger charge is -2.27. The first-order valence-corrected chi connectivity index (χ1v) is 12.0. The Hall–Kier alpha value is -3.63. The van der Waals surface area contributed by atoms with Crippen LogP contribution in [0.3, 0.4) is 0 Å². The number of fused-ring (bicyclic) bond motifs is 1. The van der Waals surface area contributed by atoms with Crippen molar-refractivity contribution in [3.8, 4) is 11.5 Å². The summed E-state index contributed by atoms with van der Waals surface area (Å²) in [5.41, 5.74) is 3.34. The molecule has 3 aromatic rings. The van der Waals surface area contributed by atoms with E-state index in [1.165, 1.54) is 43.9 Å². The average Bonchev–Trinajstić information content (AvgIpc) is 3.30. The van der Waals surface area contributed by atoms with Gasteiger partial charge in [-0.25, -0.2) is 18.2 Å².